The van der Waals surface area contributed by atoms with Gasteiger partial charge in [0, 0.05) is 17.9 Å². The first-order valence-corrected chi connectivity index (χ1v) is 8.06. The summed E-state index contributed by atoms with van der Waals surface area (Å²) >= 11 is 0. The molecule has 1 N–H and O–H groups in total. The van der Waals surface area contributed by atoms with Gasteiger partial charge in [0.25, 0.3) is 5.56 Å². The average molecular weight is 366 g/mol. The Bertz CT molecular complexity index is 1190. The Morgan fingerprint density at radius 2 is 1.85 bits per heavy atom. The fourth-order valence-corrected chi connectivity index (χ4v) is 2.95. The van der Waals surface area contributed by atoms with Crippen LogP contribution in [-0.4, -0.2) is 16.0 Å². The Morgan fingerprint density at radius 1 is 1.07 bits per heavy atom. The van der Waals surface area contributed by atoms with E-state index in [1.54, 1.807) is 18.2 Å². The molecule has 0 amide bonds. The summed E-state index contributed by atoms with van der Waals surface area (Å²) in [6.45, 7) is 0. The SMILES string of the molecule is O=C(c1c(F)cccc1F)c1cc(Cc2ccc(=O)[nH]n2)cc2ccoc12. The summed E-state index contributed by atoms with van der Waals surface area (Å²) in [6, 6.07) is 11.1. The van der Waals surface area contributed by atoms with Crippen LogP contribution in [0.4, 0.5) is 8.78 Å². The lowest BCUT2D eigenvalue weighted by Crippen LogP contribution is -2.10. The molecule has 134 valence electrons. The highest BCUT2D eigenvalue weighted by molar-refractivity contribution is 6.15. The van der Waals surface area contributed by atoms with Gasteiger partial charge < -0.3 is 4.42 Å². The van der Waals surface area contributed by atoms with Gasteiger partial charge in [-0.1, -0.05) is 6.07 Å². The molecule has 4 rings (SSSR count). The van der Waals surface area contributed by atoms with E-state index in [-0.39, 0.29) is 16.7 Å². The number of fused-ring (bicyclic) bond motifs is 1. The van der Waals surface area contributed by atoms with Crippen molar-refractivity contribution in [3.05, 3.63) is 99.2 Å². The summed E-state index contributed by atoms with van der Waals surface area (Å²) in [7, 11) is 0. The van der Waals surface area contributed by atoms with Gasteiger partial charge in [0.2, 0.25) is 5.78 Å². The van der Waals surface area contributed by atoms with Crippen molar-refractivity contribution in [2.45, 2.75) is 6.42 Å². The number of nitrogens with zero attached hydrogens (tertiary/aromatic N) is 1. The molecular weight excluding hydrogens is 354 g/mol. The molecule has 0 saturated carbocycles. The number of H-pyrrole nitrogens is 1. The van der Waals surface area contributed by atoms with Crippen molar-refractivity contribution in [3.63, 3.8) is 0 Å². The highest BCUT2D eigenvalue weighted by Gasteiger charge is 2.22. The fraction of sp³-hybridized carbons (Fsp3) is 0.0500. The molecule has 7 heteroatoms. The Labute approximate surface area is 151 Å². The minimum Gasteiger partial charge on any atom is -0.464 e. The first-order valence-electron chi connectivity index (χ1n) is 8.06. The molecule has 2 aromatic heterocycles. The van der Waals surface area contributed by atoms with E-state index >= 15 is 0 Å². The van der Waals surface area contributed by atoms with E-state index in [2.05, 4.69) is 10.2 Å². The second-order valence-corrected chi connectivity index (χ2v) is 6.00. The van der Waals surface area contributed by atoms with E-state index in [1.807, 2.05) is 0 Å². The third-order valence-electron chi connectivity index (χ3n) is 4.17. The standard InChI is InChI=1S/C20H12F2N2O3/c21-15-2-1-3-16(22)18(15)19(26)14-10-11(8-12-6-7-27-20(12)14)9-13-4-5-17(25)24-23-13/h1-8,10H,9H2,(H,24,25). The maximum atomic E-state index is 14.1. The van der Waals surface area contributed by atoms with Gasteiger partial charge in [-0.05, 0) is 42.0 Å². The molecule has 0 aliphatic carbocycles. The van der Waals surface area contributed by atoms with Gasteiger partial charge in [-0.25, -0.2) is 13.9 Å². The zero-order valence-corrected chi connectivity index (χ0v) is 13.8. The number of nitrogens with one attached hydrogen (secondary N) is 1. The molecule has 4 aromatic rings. The topological polar surface area (TPSA) is 76.0 Å². The van der Waals surface area contributed by atoms with Crippen molar-refractivity contribution in [1.82, 2.24) is 10.2 Å². The van der Waals surface area contributed by atoms with Crippen LogP contribution in [0.3, 0.4) is 0 Å². The molecule has 0 saturated heterocycles. The molecule has 2 heterocycles. The van der Waals surface area contributed by atoms with Gasteiger partial charge >= 0.3 is 0 Å². The largest absolute Gasteiger partial charge is 0.464 e. The second kappa shape index (κ2) is 6.60. The minimum atomic E-state index is -0.938. The molecule has 0 aliphatic rings. The number of rotatable bonds is 4. The number of aromatic amines is 1. The van der Waals surface area contributed by atoms with Crippen molar-refractivity contribution in [1.29, 1.82) is 0 Å². The Kier molecular flexibility index (Phi) is 4.12. The highest BCUT2D eigenvalue weighted by atomic mass is 19.1. The number of benzene rings is 2. The van der Waals surface area contributed by atoms with E-state index in [0.717, 1.165) is 12.1 Å². The van der Waals surface area contributed by atoms with E-state index in [9.17, 15) is 18.4 Å². The van der Waals surface area contributed by atoms with Crippen molar-refractivity contribution in [2.75, 3.05) is 0 Å². The van der Waals surface area contributed by atoms with Gasteiger partial charge in [-0.15, -0.1) is 0 Å². The Hall–Kier alpha value is -3.61. The van der Waals surface area contributed by atoms with Crippen LogP contribution in [0.5, 0.6) is 0 Å². The van der Waals surface area contributed by atoms with Gasteiger partial charge in [0.15, 0.2) is 0 Å². The zero-order valence-electron chi connectivity index (χ0n) is 13.8. The quantitative estimate of drug-likeness (QED) is 0.560. The summed E-state index contributed by atoms with van der Waals surface area (Å²) in [5, 5.41) is 6.90. The number of hydrogen-bond donors (Lipinski definition) is 1. The van der Waals surface area contributed by atoms with E-state index in [1.165, 1.54) is 24.5 Å². The number of ketones is 1. The van der Waals surface area contributed by atoms with E-state index < -0.39 is 23.0 Å². The normalized spacial score (nSPS) is 11.0. The molecule has 0 bridgehead atoms. The van der Waals surface area contributed by atoms with E-state index in [4.69, 9.17) is 4.42 Å². The maximum absolute atomic E-state index is 14.1. The first-order chi connectivity index (χ1) is 13.0. The minimum absolute atomic E-state index is 0.0564. The third kappa shape index (κ3) is 3.15. The second-order valence-electron chi connectivity index (χ2n) is 6.00. The molecule has 0 radical (unpaired) electrons. The molecule has 0 unspecified atom stereocenters. The van der Waals surface area contributed by atoms with Crippen LogP contribution < -0.4 is 5.56 Å². The number of halogens is 2. The number of aromatic nitrogens is 2. The van der Waals surface area contributed by atoms with Crippen LogP contribution in [-0.2, 0) is 6.42 Å². The van der Waals surface area contributed by atoms with Crippen LogP contribution in [0.1, 0.15) is 27.2 Å². The smallest absolute Gasteiger partial charge is 0.264 e. The van der Waals surface area contributed by atoms with Gasteiger partial charge in [0.1, 0.15) is 17.2 Å². The van der Waals surface area contributed by atoms with Gasteiger partial charge in [-0.2, -0.15) is 5.10 Å². The highest BCUT2D eigenvalue weighted by Crippen LogP contribution is 2.27. The molecule has 5 nitrogen and oxygen atoms in total. The van der Waals surface area contributed by atoms with Crippen LogP contribution in [0, 0.1) is 11.6 Å². The number of carbonyl (C=O) groups is 1. The van der Waals surface area contributed by atoms with Crippen molar-refractivity contribution >= 4 is 16.8 Å². The Balaban J connectivity index is 1.82. The van der Waals surface area contributed by atoms with Gasteiger partial charge in [0.05, 0.1) is 23.1 Å². The molecule has 27 heavy (non-hydrogen) atoms. The molecule has 0 aliphatic heterocycles. The van der Waals surface area contributed by atoms with Crippen molar-refractivity contribution < 1.29 is 18.0 Å². The molecular formula is C20H12F2N2O3. The predicted octanol–water partition coefficient (Wildman–Crippen LogP) is 3.62. The zero-order chi connectivity index (χ0) is 19.0. The maximum Gasteiger partial charge on any atom is 0.264 e. The van der Waals surface area contributed by atoms with Crippen LogP contribution in [0.2, 0.25) is 0 Å². The first kappa shape index (κ1) is 16.8. The summed E-state index contributed by atoms with van der Waals surface area (Å²) in [6.07, 6.45) is 1.72. The summed E-state index contributed by atoms with van der Waals surface area (Å²) in [5.41, 5.74) is 0.614. The van der Waals surface area contributed by atoms with Crippen molar-refractivity contribution in [2.24, 2.45) is 0 Å². The van der Waals surface area contributed by atoms with Gasteiger partial charge in [-0.3, -0.25) is 9.59 Å². The van der Waals surface area contributed by atoms with E-state index in [0.29, 0.717) is 23.1 Å². The third-order valence-corrected chi connectivity index (χ3v) is 4.17. The number of hydrogen-bond acceptors (Lipinski definition) is 4. The summed E-state index contributed by atoms with van der Waals surface area (Å²) < 4.78 is 33.5. The Morgan fingerprint density at radius 3 is 2.56 bits per heavy atom. The van der Waals surface area contributed by atoms with Crippen LogP contribution in [0.15, 0.2) is 64.0 Å². The lowest BCUT2D eigenvalue weighted by atomic mass is 9.97. The number of carbonyl (C=O) groups excluding carboxylic acids is 1. The van der Waals surface area contributed by atoms with Crippen molar-refractivity contribution in [3.8, 4) is 0 Å². The van der Waals surface area contributed by atoms with Crippen LogP contribution in [0.25, 0.3) is 11.0 Å². The lowest BCUT2D eigenvalue weighted by molar-refractivity contribution is 0.103. The van der Waals surface area contributed by atoms with Crippen LogP contribution >= 0.6 is 0 Å². The predicted molar refractivity (Wildman–Crippen MR) is 93.7 cm³/mol. The fourth-order valence-electron chi connectivity index (χ4n) is 2.95. The molecule has 0 spiro atoms. The molecule has 2 aromatic carbocycles. The average Bonchev–Trinajstić information content (AvgIpc) is 3.11. The summed E-state index contributed by atoms with van der Waals surface area (Å²) in [5.74, 6) is -2.68. The summed E-state index contributed by atoms with van der Waals surface area (Å²) in [4.78, 5) is 24.0. The monoisotopic (exact) mass is 366 g/mol. The molecule has 0 atom stereocenters. The lowest BCUT2D eigenvalue weighted by Gasteiger charge is -2.08. The molecule has 0 fully saturated rings. The number of furan rings is 1.